The Bertz CT molecular complexity index is 645. The molecule has 2 N–H and O–H groups in total. The molecule has 23 heavy (non-hydrogen) atoms. The molecule has 0 unspecified atom stereocenters. The summed E-state index contributed by atoms with van der Waals surface area (Å²) in [6, 6.07) is 9.39. The van der Waals surface area contributed by atoms with Crippen molar-refractivity contribution in [2.24, 2.45) is 0 Å². The Balaban J connectivity index is 1.61. The number of amides is 1. The second-order valence-electron chi connectivity index (χ2n) is 5.47. The normalized spacial score (nSPS) is 17.2. The molecule has 0 bridgehead atoms. The van der Waals surface area contributed by atoms with Crippen LogP contribution in [0.5, 0.6) is 5.75 Å². The Morgan fingerprint density at radius 1 is 1.43 bits per heavy atom. The van der Waals surface area contributed by atoms with Gasteiger partial charge in [-0.1, -0.05) is 0 Å². The Kier molecular flexibility index (Phi) is 4.92. The van der Waals surface area contributed by atoms with Crippen LogP contribution in [0.15, 0.2) is 30.3 Å². The average molecular weight is 315 g/mol. The maximum Gasteiger partial charge on any atom is 0.269 e. The fourth-order valence-electron chi connectivity index (χ4n) is 2.58. The van der Waals surface area contributed by atoms with Gasteiger partial charge in [-0.25, -0.2) is 0 Å². The van der Waals surface area contributed by atoms with Gasteiger partial charge < -0.3 is 14.8 Å². The highest BCUT2D eigenvalue weighted by Crippen LogP contribution is 2.21. The van der Waals surface area contributed by atoms with Crippen molar-refractivity contribution in [3.63, 3.8) is 0 Å². The lowest BCUT2D eigenvalue weighted by molar-refractivity contribution is 0.0853. The van der Waals surface area contributed by atoms with Gasteiger partial charge in [0.05, 0.1) is 18.4 Å². The minimum Gasteiger partial charge on any atom is -0.494 e. The van der Waals surface area contributed by atoms with Crippen molar-refractivity contribution < 1.29 is 14.3 Å². The third kappa shape index (κ3) is 3.90. The van der Waals surface area contributed by atoms with Crippen LogP contribution in [-0.4, -0.2) is 42.0 Å². The molecule has 1 atom stereocenters. The quantitative estimate of drug-likeness (QED) is 0.858. The number of nitrogens with zero attached hydrogens (tertiary/aromatic N) is 1. The van der Waals surface area contributed by atoms with Crippen LogP contribution < -0.4 is 10.1 Å². The molecule has 1 fully saturated rings. The Morgan fingerprint density at radius 2 is 2.26 bits per heavy atom. The number of hydrogen-bond donors (Lipinski definition) is 2. The van der Waals surface area contributed by atoms with Crippen LogP contribution in [0.3, 0.4) is 0 Å². The van der Waals surface area contributed by atoms with E-state index in [2.05, 4.69) is 15.5 Å². The molecule has 0 aliphatic carbocycles. The molecule has 1 amide bonds. The van der Waals surface area contributed by atoms with E-state index in [0.29, 0.717) is 18.8 Å². The predicted molar refractivity (Wildman–Crippen MR) is 86.5 cm³/mol. The van der Waals surface area contributed by atoms with Crippen LogP contribution in [0, 0.1) is 0 Å². The number of carbonyl (C=O) groups excluding carboxylic acids is 1. The van der Waals surface area contributed by atoms with Crippen LogP contribution in [0.25, 0.3) is 11.3 Å². The molecule has 6 nitrogen and oxygen atoms in total. The summed E-state index contributed by atoms with van der Waals surface area (Å²) < 4.78 is 10.9. The number of benzene rings is 1. The molecule has 1 aromatic carbocycles. The van der Waals surface area contributed by atoms with Gasteiger partial charge in [-0.3, -0.25) is 9.89 Å². The zero-order valence-electron chi connectivity index (χ0n) is 13.2. The Labute approximate surface area is 135 Å². The lowest BCUT2D eigenvalue weighted by atomic mass is 10.1. The van der Waals surface area contributed by atoms with Crippen LogP contribution in [0.2, 0.25) is 0 Å². The van der Waals surface area contributed by atoms with Crippen molar-refractivity contribution in [1.82, 2.24) is 15.5 Å². The zero-order chi connectivity index (χ0) is 16.1. The number of carbonyl (C=O) groups is 1. The first-order valence-corrected chi connectivity index (χ1v) is 7.94. The minimum atomic E-state index is -0.162. The predicted octanol–water partition coefficient (Wildman–Crippen LogP) is 2.38. The maximum atomic E-state index is 12.1. The van der Waals surface area contributed by atoms with E-state index in [1.165, 1.54) is 0 Å². The molecule has 0 radical (unpaired) electrons. The average Bonchev–Trinajstić information content (AvgIpc) is 3.25. The van der Waals surface area contributed by atoms with Crippen molar-refractivity contribution in [1.29, 1.82) is 0 Å². The van der Waals surface area contributed by atoms with Gasteiger partial charge in [-0.15, -0.1) is 0 Å². The molecule has 0 spiro atoms. The monoisotopic (exact) mass is 315 g/mol. The molecule has 2 aromatic rings. The number of hydrogen-bond acceptors (Lipinski definition) is 4. The van der Waals surface area contributed by atoms with E-state index < -0.39 is 0 Å². The number of nitrogens with one attached hydrogen (secondary N) is 2. The van der Waals surface area contributed by atoms with Crippen molar-refractivity contribution in [3.05, 3.63) is 36.0 Å². The van der Waals surface area contributed by atoms with Gasteiger partial charge in [0, 0.05) is 18.7 Å². The van der Waals surface area contributed by atoms with Crippen molar-refractivity contribution in [2.45, 2.75) is 25.9 Å². The van der Waals surface area contributed by atoms with Gasteiger partial charge in [0.25, 0.3) is 5.91 Å². The Hall–Kier alpha value is -2.34. The van der Waals surface area contributed by atoms with Crippen molar-refractivity contribution in [2.75, 3.05) is 19.8 Å². The van der Waals surface area contributed by atoms with E-state index >= 15 is 0 Å². The summed E-state index contributed by atoms with van der Waals surface area (Å²) >= 11 is 0. The highest BCUT2D eigenvalue weighted by molar-refractivity contribution is 5.93. The maximum absolute atomic E-state index is 12.1. The fraction of sp³-hybridized carbons (Fsp3) is 0.412. The van der Waals surface area contributed by atoms with Crippen molar-refractivity contribution >= 4 is 5.91 Å². The van der Waals surface area contributed by atoms with Gasteiger partial charge >= 0.3 is 0 Å². The third-order valence-electron chi connectivity index (χ3n) is 3.80. The summed E-state index contributed by atoms with van der Waals surface area (Å²) in [5.41, 5.74) is 2.12. The van der Waals surface area contributed by atoms with Crippen LogP contribution in [0.4, 0.5) is 0 Å². The number of ether oxygens (including phenoxy) is 2. The second kappa shape index (κ2) is 7.28. The first kappa shape index (κ1) is 15.6. The zero-order valence-corrected chi connectivity index (χ0v) is 13.2. The van der Waals surface area contributed by atoms with E-state index in [1.54, 1.807) is 6.07 Å². The van der Waals surface area contributed by atoms with Gasteiger partial charge in [0.15, 0.2) is 0 Å². The van der Waals surface area contributed by atoms with Crippen LogP contribution in [0.1, 0.15) is 30.3 Å². The highest BCUT2D eigenvalue weighted by atomic mass is 16.5. The van der Waals surface area contributed by atoms with Crippen LogP contribution in [-0.2, 0) is 4.74 Å². The standard InChI is InChI=1S/C17H21N3O3/c1-2-22-13-7-5-12(6-8-13)15-10-16(20-19-15)17(21)18-11-14-4-3-9-23-14/h5-8,10,14H,2-4,9,11H2,1H3,(H,18,21)(H,19,20)/t14-/m0/s1. The summed E-state index contributed by atoms with van der Waals surface area (Å²) in [4.78, 5) is 12.1. The summed E-state index contributed by atoms with van der Waals surface area (Å²) in [5.74, 6) is 0.659. The van der Waals surface area contributed by atoms with E-state index in [1.807, 2.05) is 31.2 Å². The Morgan fingerprint density at radius 3 is 2.96 bits per heavy atom. The first-order valence-electron chi connectivity index (χ1n) is 7.94. The fourth-order valence-corrected chi connectivity index (χ4v) is 2.58. The van der Waals surface area contributed by atoms with Crippen molar-refractivity contribution in [3.8, 4) is 17.0 Å². The number of rotatable bonds is 6. The summed E-state index contributed by atoms with van der Waals surface area (Å²) in [5, 5.41) is 9.87. The highest BCUT2D eigenvalue weighted by Gasteiger charge is 2.17. The molecule has 0 saturated carbocycles. The molecule has 2 heterocycles. The van der Waals surface area contributed by atoms with Crippen LogP contribution >= 0.6 is 0 Å². The number of aromatic nitrogens is 2. The van der Waals surface area contributed by atoms with Gasteiger partial charge in [0.2, 0.25) is 0 Å². The SMILES string of the molecule is CCOc1ccc(-c2cc(C(=O)NC[C@@H]3CCCO3)[nH]n2)cc1. The molecule has 1 aliphatic rings. The molecule has 6 heteroatoms. The molecular formula is C17H21N3O3. The molecule has 122 valence electrons. The lowest BCUT2D eigenvalue weighted by Crippen LogP contribution is -2.31. The van der Waals surface area contributed by atoms with E-state index in [4.69, 9.17) is 9.47 Å². The largest absolute Gasteiger partial charge is 0.494 e. The van der Waals surface area contributed by atoms with E-state index in [0.717, 1.165) is 36.5 Å². The number of aromatic amines is 1. The van der Waals surface area contributed by atoms with Gasteiger partial charge in [-0.05, 0) is 50.1 Å². The molecule has 1 aliphatic heterocycles. The summed E-state index contributed by atoms with van der Waals surface area (Å²) in [6.07, 6.45) is 2.19. The minimum absolute atomic E-state index is 0.132. The van der Waals surface area contributed by atoms with E-state index in [-0.39, 0.29) is 12.0 Å². The van der Waals surface area contributed by atoms with E-state index in [9.17, 15) is 4.79 Å². The summed E-state index contributed by atoms with van der Waals surface area (Å²) in [6.45, 7) is 3.91. The van der Waals surface area contributed by atoms with Gasteiger partial charge in [-0.2, -0.15) is 5.10 Å². The molecule has 1 aromatic heterocycles. The first-order chi connectivity index (χ1) is 11.3. The topological polar surface area (TPSA) is 76.2 Å². The smallest absolute Gasteiger partial charge is 0.269 e. The summed E-state index contributed by atoms with van der Waals surface area (Å²) in [7, 11) is 0. The molecule has 3 rings (SSSR count). The number of H-pyrrole nitrogens is 1. The van der Waals surface area contributed by atoms with Gasteiger partial charge in [0.1, 0.15) is 11.4 Å². The molecule has 1 saturated heterocycles. The lowest BCUT2D eigenvalue weighted by Gasteiger charge is -2.09. The second-order valence-corrected chi connectivity index (χ2v) is 5.47. The third-order valence-corrected chi connectivity index (χ3v) is 3.80. The molecular weight excluding hydrogens is 294 g/mol.